The van der Waals surface area contributed by atoms with Crippen molar-refractivity contribution >= 4 is 23.6 Å². The average Bonchev–Trinajstić information content (AvgIpc) is 2.65. The van der Waals surface area contributed by atoms with Gasteiger partial charge in [0.15, 0.2) is 5.96 Å². The SMILES string of the molecule is CCNC(=NCC(Cc1ccc(F)cc1)C(N)=O)N1CCSC(CC)C1. The van der Waals surface area contributed by atoms with Crippen LogP contribution >= 0.6 is 11.8 Å². The van der Waals surface area contributed by atoms with Gasteiger partial charge in [0.05, 0.1) is 12.5 Å². The predicted molar refractivity (Wildman–Crippen MR) is 107 cm³/mol. The van der Waals surface area contributed by atoms with Crippen molar-refractivity contribution in [2.75, 3.05) is 31.9 Å². The number of thioether (sulfide) groups is 1. The first-order chi connectivity index (χ1) is 12.5. The molecule has 1 aromatic rings. The quantitative estimate of drug-likeness (QED) is 0.562. The number of guanidine groups is 1. The predicted octanol–water partition coefficient (Wildman–Crippen LogP) is 2.26. The number of rotatable bonds is 7. The van der Waals surface area contributed by atoms with Crippen LogP contribution in [-0.2, 0) is 11.2 Å². The fourth-order valence-corrected chi connectivity index (χ4v) is 4.12. The average molecular weight is 381 g/mol. The molecule has 1 aliphatic rings. The van der Waals surface area contributed by atoms with E-state index in [4.69, 9.17) is 5.73 Å². The lowest BCUT2D eigenvalue weighted by molar-refractivity contribution is -0.121. The third-order valence-corrected chi connectivity index (χ3v) is 5.86. The van der Waals surface area contributed by atoms with E-state index < -0.39 is 5.92 Å². The molecule has 144 valence electrons. The van der Waals surface area contributed by atoms with Crippen LogP contribution in [0, 0.1) is 11.7 Å². The van der Waals surface area contributed by atoms with Crippen LogP contribution in [0.15, 0.2) is 29.3 Å². The molecule has 2 rings (SSSR count). The minimum atomic E-state index is -0.407. The summed E-state index contributed by atoms with van der Waals surface area (Å²) in [7, 11) is 0. The van der Waals surface area contributed by atoms with Crippen LogP contribution in [0.3, 0.4) is 0 Å². The molecule has 0 saturated carbocycles. The molecule has 1 heterocycles. The second-order valence-electron chi connectivity index (χ2n) is 6.47. The van der Waals surface area contributed by atoms with E-state index in [9.17, 15) is 9.18 Å². The Hall–Kier alpha value is -1.76. The number of hydrogen-bond donors (Lipinski definition) is 2. The molecule has 0 aromatic heterocycles. The second kappa shape index (κ2) is 10.4. The first-order valence-corrected chi connectivity index (χ1v) is 10.3. The minimum Gasteiger partial charge on any atom is -0.369 e. The van der Waals surface area contributed by atoms with Gasteiger partial charge in [-0.15, -0.1) is 0 Å². The summed E-state index contributed by atoms with van der Waals surface area (Å²) in [5.41, 5.74) is 6.46. The van der Waals surface area contributed by atoms with Crippen molar-refractivity contribution in [3.05, 3.63) is 35.6 Å². The Morgan fingerprint density at radius 2 is 2.15 bits per heavy atom. The van der Waals surface area contributed by atoms with Gasteiger partial charge >= 0.3 is 0 Å². The molecule has 1 saturated heterocycles. The van der Waals surface area contributed by atoms with Gasteiger partial charge in [0.25, 0.3) is 0 Å². The molecule has 5 nitrogen and oxygen atoms in total. The van der Waals surface area contributed by atoms with Crippen LogP contribution in [0.1, 0.15) is 25.8 Å². The maximum Gasteiger partial charge on any atom is 0.222 e. The maximum absolute atomic E-state index is 13.1. The van der Waals surface area contributed by atoms with E-state index in [-0.39, 0.29) is 11.7 Å². The highest BCUT2D eigenvalue weighted by Crippen LogP contribution is 2.21. The molecule has 3 N–H and O–H groups in total. The van der Waals surface area contributed by atoms with E-state index in [1.165, 1.54) is 12.1 Å². The summed E-state index contributed by atoms with van der Waals surface area (Å²) >= 11 is 2.01. The molecule has 26 heavy (non-hydrogen) atoms. The molecule has 1 amide bonds. The Labute approximate surface area is 159 Å². The third kappa shape index (κ3) is 6.20. The number of nitrogens with zero attached hydrogens (tertiary/aromatic N) is 2. The highest BCUT2D eigenvalue weighted by molar-refractivity contribution is 8.00. The molecular formula is C19H29FN4OS. The Morgan fingerprint density at radius 1 is 1.42 bits per heavy atom. The number of carbonyl (C=O) groups is 1. The lowest BCUT2D eigenvalue weighted by Gasteiger charge is -2.34. The second-order valence-corrected chi connectivity index (χ2v) is 7.88. The summed E-state index contributed by atoms with van der Waals surface area (Å²) in [5.74, 6) is 0.851. The van der Waals surface area contributed by atoms with E-state index in [2.05, 4.69) is 22.1 Å². The van der Waals surface area contributed by atoms with E-state index >= 15 is 0 Å². The number of amides is 1. The molecule has 7 heteroatoms. The lowest BCUT2D eigenvalue weighted by Crippen LogP contribution is -2.48. The van der Waals surface area contributed by atoms with Crippen molar-refractivity contribution in [2.24, 2.45) is 16.6 Å². The van der Waals surface area contributed by atoms with Gasteiger partial charge in [-0.25, -0.2) is 4.39 Å². The summed E-state index contributed by atoms with van der Waals surface area (Å²) in [6, 6.07) is 6.18. The number of hydrogen-bond acceptors (Lipinski definition) is 3. The van der Waals surface area contributed by atoms with Gasteiger partial charge < -0.3 is 16.0 Å². The topological polar surface area (TPSA) is 70.7 Å². The van der Waals surface area contributed by atoms with Crippen molar-refractivity contribution in [1.29, 1.82) is 0 Å². The van der Waals surface area contributed by atoms with Crippen LogP contribution in [-0.4, -0.2) is 53.9 Å². The zero-order valence-corrected chi connectivity index (χ0v) is 16.4. The summed E-state index contributed by atoms with van der Waals surface area (Å²) in [6.45, 7) is 7.26. The molecule has 2 unspecified atom stereocenters. The van der Waals surface area contributed by atoms with Crippen molar-refractivity contribution in [2.45, 2.75) is 31.9 Å². The van der Waals surface area contributed by atoms with Crippen LogP contribution in [0.4, 0.5) is 4.39 Å². The zero-order valence-electron chi connectivity index (χ0n) is 15.6. The van der Waals surface area contributed by atoms with Gasteiger partial charge in [-0.05, 0) is 37.5 Å². The molecule has 2 atom stereocenters. The fraction of sp³-hybridized carbons (Fsp3) is 0.579. The third-order valence-electron chi connectivity index (χ3n) is 4.49. The molecule has 1 aromatic carbocycles. The first-order valence-electron chi connectivity index (χ1n) is 9.22. The van der Waals surface area contributed by atoms with E-state index in [1.807, 2.05) is 18.7 Å². The molecule has 0 bridgehead atoms. The highest BCUT2D eigenvalue weighted by atomic mass is 32.2. The van der Waals surface area contributed by atoms with Gasteiger partial charge in [-0.3, -0.25) is 9.79 Å². The van der Waals surface area contributed by atoms with Crippen molar-refractivity contribution < 1.29 is 9.18 Å². The summed E-state index contributed by atoms with van der Waals surface area (Å²) in [4.78, 5) is 18.8. The first kappa shape index (κ1) is 20.6. The van der Waals surface area contributed by atoms with Gasteiger partial charge in [-0.1, -0.05) is 19.1 Å². The zero-order chi connectivity index (χ0) is 18.9. The van der Waals surface area contributed by atoms with Crippen LogP contribution in [0.5, 0.6) is 0 Å². The molecule has 0 aliphatic carbocycles. The Morgan fingerprint density at radius 3 is 2.77 bits per heavy atom. The molecule has 1 fully saturated rings. The number of halogens is 1. The number of primary amides is 1. The number of benzene rings is 1. The smallest absolute Gasteiger partial charge is 0.222 e. The summed E-state index contributed by atoms with van der Waals surface area (Å²) in [5, 5.41) is 3.94. The standard InChI is InChI=1S/C19H29FN4OS/c1-3-17-13-24(9-10-26-17)19(22-4-2)23-12-15(18(21)25)11-14-5-7-16(20)8-6-14/h5-8,15,17H,3-4,9-13H2,1-2H3,(H2,21,25)(H,22,23). The number of nitrogens with one attached hydrogen (secondary N) is 1. The van der Waals surface area contributed by atoms with Crippen molar-refractivity contribution in [3.8, 4) is 0 Å². The maximum atomic E-state index is 13.1. The van der Waals surface area contributed by atoms with Gasteiger partial charge in [0.1, 0.15) is 5.82 Å². The molecular weight excluding hydrogens is 351 g/mol. The number of nitrogens with two attached hydrogens (primary N) is 1. The Bertz CT molecular complexity index is 608. The van der Waals surface area contributed by atoms with Crippen molar-refractivity contribution in [1.82, 2.24) is 10.2 Å². The number of aliphatic imine (C=N–C) groups is 1. The number of carbonyl (C=O) groups excluding carboxylic acids is 1. The monoisotopic (exact) mass is 380 g/mol. The van der Waals surface area contributed by atoms with Gasteiger partial charge in [0.2, 0.25) is 5.91 Å². The normalized spacial score (nSPS) is 19.3. The molecule has 0 radical (unpaired) electrons. The van der Waals surface area contributed by atoms with Crippen LogP contribution in [0.25, 0.3) is 0 Å². The lowest BCUT2D eigenvalue weighted by atomic mass is 9.99. The van der Waals surface area contributed by atoms with Crippen LogP contribution < -0.4 is 11.1 Å². The van der Waals surface area contributed by atoms with Gasteiger partial charge in [-0.2, -0.15) is 11.8 Å². The molecule has 1 aliphatic heterocycles. The van der Waals surface area contributed by atoms with Gasteiger partial charge in [0, 0.05) is 30.6 Å². The Kier molecular flexibility index (Phi) is 8.22. The van der Waals surface area contributed by atoms with E-state index in [0.717, 1.165) is 43.3 Å². The fourth-order valence-electron chi connectivity index (χ4n) is 2.94. The van der Waals surface area contributed by atoms with E-state index in [1.54, 1.807) is 12.1 Å². The van der Waals surface area contributed by atoms with Crippen LogP contribution in [0.2, 0.25) is 0 Å². The Balaban J connectivity index is 2.06. The molecule has 0 spiro atoms. The van der Waals surface area contributed by atoms with E-state index in [0.29, 0.717) is 18.2 Å². The summed E-state index contributed by atoms with van der Waals surface area (Å²) in [6.07, 6.45) is 1.60. The van der Waals surface area contributed by atoms with Crippen molar-refractivity contribution in [3.63, 3.8) is 0 Å². The summed E-state index contributed by atoms with van der Waals surface area (Å²) < 4.78 is 13.1. The minimum absolute atomic E-state index is 0.287. The highest BCUT2D eigenvalue weighted by Gasteiger charge is 2.22. The largest absolute Gasteiger partial charge is 0.369 e.